The van der Waals surface area contributed by atoms with E-state index in [4.69, 9.17) is 5.11 Å². The number of carbonyl (C=O) groups is 2. The summed E-state index contributed by atoms with van der Waals surface area (Å²) in [6, 6.07) is 0.233. The number of rotatable bonds is 6. The Balaban J connectivity index is 1.99. The number of carboxylic acids is 1. The number of hydrogen-bond donors (Lipinski definition) is 1. The van der Waals surface area contributed by atoms with E-state index in [0.29, 0.717) is 25.0 Å². The van der Waals surface area contributed by atoms with Crippen LogP contribution in [0.5, 0.6) is 0 Å². The fourth-order valence-corrected chi connectivity index (χ4v) is 2.93. The van der Waals surface area contributed by atoms with Gasteiger partial charge in [-0.1, -0.05) is 12.8 Å². The Morgan fingerprint density at radius 3 is 2.26 bits per heavy atom. The first-order valence-electron chi connectivity index (χ1n) is 7.39. The zero-order valence-corrected chi connectivity index (χ0v) is 11.7. The van der Waals surface area contributed by atoms with Crippen LogP contribution in [0.2, 0.25) is 0 Å². The first-order chi connectivity index (χ1) is 9.11. The van der Waals surface area contributed by atoms with Gasteiger partial charge in [-0.15, -0.1) is 0 Å². The van der Waals surface area contributed by atoms with E-state index in [0.717, 1.165) is 25.7 Å². The number of hydrogen-bond acceptors (Lipinski definition) is 2. The third-order valence-electron chi connectivity index (χ3n) is 4.12. The lowest BCUT2D eigenvalue weighted by Crippen LogP contribution is -2.49. The first kappa shape index (κ1) is 14.2. The molecule has 2 aliphatic carbocycles. The molecule has 19 heavy (non-hydrogen) atoms. The van der Waals surface area contributed by atoms with Gasteiger partial charge in [0.05, 0.1) is 0 Å². The van der Waals surface area contributed by atoms with Crippen molar-refractivity contribution in [3.63, 3.8) is 0 Å². The molecule has 0 aromatic heterocycles. The lowest BCUT2D eigenvalue weighted by Gasteiger charge is -2.33. The van der Waals surface area contributed by atoms with Crippen LogP contribution in [0.15, 0.2) is 0 Å². The molecule has 2 amide bonds. The van der Waals surface area contributed by atoms with Gasteiger partial charge < -0.3 is 14.9 Å². The fraction of sp³-hybridized carbons (Fsp3) is 0.857. The van der Waals surface area contributed by atoms with Crippen molar-refractivity contribution >= 4 is 12.0 Å². The monoisotopic (exact) mass is 268 g/mol. The molecule has 0 aromatic carbocycles. The maximum atomic E-state index is 12.5. The van der Waals surface area contributed by atoms with Gasteiger partial charge >= 0.3 is 12.0 Å². The standard InChI is InChI=1S/C14H24N2O3/c1-2-16(12-5-3-4-6-12)14(19)15(10-13(17)18)9-11-7-8-11/h11-12H,2-10H2,1H3,(H,17,18). The molecule has 0 saturated heterocycles. The number of nitrogens with zero attached hydrogens (tertiary/aromatic N) is 2. The maximum absolute atomic E-state index is 12.5. The van der Waals surface area contributed by atoms with E-state index < -0.39 is 5.97 Å². The fourth-order valence-electron chi connectivity index (χ4n) is 2.93. The summed E-state index contributed by atoms with van der Waals surface area (Å²) in [5.74, 6) is -0.401. The van der Waals surface area contributed by atoms with E-state index >= 15 is 0 Å². The Kier molecular flexibility index (Phi) is 4.66. The van der Waals surface area contributed by atoms with E-state index in [1.54, 1.807) is 0 Å². The van der Waals surface area contributed by atoms with Crippen LogP contribution in [-0.2, 0) is 4.79 Å². The lowest BCUT2D eigenvalue weighted by molar-refractivity contribution is -0.137. The minimum Gasteiger partial charge on any atom is -0.480 e. The average Bonchev–Trinajstić information content (AvgIpc) is 3.02. The zero-order chi connectivity index (χ0) is 13.8. The summed E-state index contributed by atoms with van der Waals surface area (Å²) in [6.07, 6.45) is 6.72. The molecule has 0 spiro atoms. The Morgan fingerprint density at radius 1 is 1.16 bits per heavy atom. The van der Waals surface area contributed by atoms with E-state index in [-0.39, 0.29) is 12.6 Å². The molecule has 0 atom stereocenters. The summed E-state index contributed by atoms with van der Waals surface area (Å²) in [4.78, 5) is 26.9. The third kappa shape index (κ3) is 3.85. The molecule has 108 valence electrons. The Labute approximate surface area is 114 Å². The molecule has 5 nitrogen and oxygen atoms in total. The SMILES string of the molecule is CCN(C(=O)N(CC(=O)O)CC1CC1)C1CCCC1. The second-order valence-corrected chi connectivity index (χ2v) is 5.72. The molecule has 0 radical (unpaired) electrons. The van der Waals surface area contributed by atoms with Crippen molar-refractivity contribution in [1.82, 2.24) is 9.80 Å². The average molecular weight is 268 g/mol. The molecule has 2 aliphatic rings. The highest BCUT2D eigenvalue weighted by Crippen LogP contribution is 2.31. The predicted molar refractivity (Wildman–Crippen MR) is 72.0 cm³/mol. The van der Waals surface area contributed by atoms with Crippen LogP contribution in [0, 0.1) is 5.92 Å². The molecule has 0 aromatic rings. The van der Waals surface area contributed by atoms with Crippen LogP contribution in [-0.4, -0.2) is 52.6 Å². The van der Waals surface area contributed by atoms with Crippen molar-refractivity contribution in [3.05, 3.63) is 0 Å². The van der Waals surface area contributed by atoms with E-state index in [2.05, 4.69) is 0 Å². The second-order valence-electron chi connectivity index (χ2n) is 5.72. The Morgan fingerprint density at radius 2 is 1.79 bits per heavy atom. The molecule has 0 bridgehead atoms. The van der Waals surface area contributed by atoms with Crippen LogP contribution >= 0.6 is 0 Å². The van der Waals surface area contributed by atoms with Crippen molar-refractivity contribution < 1.29 is 14.7 Å². The minimum atomic E-state index is -0.920. The third-order valence-corrected chi connectivity index (χ3v) is 4.12. The van der Waals surface area contributed by atoms with Gasteiger partial charge in [-0.2, -0.15) is 0 Å². The van der Waals surface area contributed by atoms with Gasteiger partial charge in [0, 0.05) is 19.1 Å². The second kappa shape index (κ2) is 6.26. The molecule has 0 heterocycles. The zero-order valence-electron chi connectivity index (χ0n) is 11.7. The molecule has 2 saturated carbocycles. The summed E-state index contributed by atoms with van der Waals surface area (Å²) in [7, 11) is 0. The molecule has 2 rings (SSSR count). The minimum absolute atomic E-state index is 0.0799. The first-order valence-corrected chi connectivity index (χ1v) is 7.39. The number of carboxylic acid groups (broad SMARTS) is 1. The van der Waals surface area contributed by atoms with Crippen LogP contribution in [0.4, 0.5) is 4.79 Å². The smallest absolute Gasteiger partial charge is 0.323 e. The van der Waals surface area contributed by atoms with E-state index in [1.807, 2.05) is 11.8 Å². The molecular formula is C14H24N2O3. The highest BCUT2D eigenvalue weighted by Gasteiger charge is 2.33. The summed E-state index contributed by atoms with van der Waals surface area (Å²) in [5, 5.41) is 8.97. The molecule has 1 N–H and O–H groups in total. The van der Waals surface area contributed by atoms with Gasteiger partial charge in [0.25, 0.3) is 0 Å². The maximum Gasteiger partial charge on any atom is 0.323 e. The number of urea groups is 1. The predicted octanol–water partition coefficient (Wildman–Crippen LogP) is 2.17. The van der Waals surface area contributed by atoms with Crippen LogP contribution in [0.25, 0.3) is 0 Å². The highest BCUT2D eigenvalue weighted by molar-refractivity contribution is 5.80. The van der Waals surface area contributed by atoms with Crippen molar-refractivity contribution in [3.8, 4) is 0 Å². The van der Waals surface area contributed by atoms with Crippen LogP contribution < -0.4 is 0 Å². The Hall–Kier alpha value is -1.26. The quantitative estimate of drug-likeness (QED) is 0.803. The molecule has 2 fully saturated rings. The molecular weight excluding hydrogens is 244 g/mol. The number of aliphatic carboxylic acids is 1. The van der Waals surface area contributed by atoms with Crippen LogP contribution in [0.3, 0.4) is 0 Å². The normalized spacial score (nSPS) is 19.4. The summed E-state index contributed by atoms with van der Waals surface area (Å²) >= 11 is 0. The largest absolute Gasteiger partial charge is 0.480 e. The number of amides is 2. The van der Waals surface area contributed by atoms with Crippen molar-refractivity contribution in [2.24, 2.45) is 5.92 Å². The number of carbonyl (C=O) groups excluding carboxylic acids is 1. The molecule has 0 aliphatic heterocycles. The molecule has 0 unspecified atom stereocenters. The van der Waals surface area contributed by atoms with Crippen molar-refractivity contribution in [2.45, 2.75) is 51.5 Å². The van der Waals surface area contributed by atoms with Gasteiger partial charge in [0.15, 0.2) is 0 Å². The van der Waals surface area contributed by atoms with Gasteiger partial charge in [-0.25, -0.2) is 4.79 Å². The summed E-state index contributed by atoms with van der Waals surface area (Å²) in [6.45, 7) is 3.09. The van der Waals surface area contributed by atoms with Gasteiger partial charge in [0.1, 0.15) is 6.54 Å². The molecule has 5 heteroatoms. The topological polar surface area (TPSA) is 60.9 Å². The lowest BCUT2D eigenvalue weighted by atomic mass is 10.2. The Bertz CT molecular complexity index is 336. The summed E-state index contributed by atoms with van der Waals surface area (Å²) < 4.78 is 0. The highest BCUT2D eigenvalue weighted by atomic mass is 16.4. The van der Waals surface area contributed by atoms with E-state index in [9.17, 15) is 9.59 Å². The van der Waals surface area contributed by atoms with Gasteiger partial charge in [0.2, 0.25) is 0 Å². The van der Waals surface area contributed by atoms with E-state index in [1.165, 1.54) is 17.7 Å². The van der Waals surface area contributed by atoms with Gasteiger partial charge in [-0.3, -0.25) is 4.79 Å². The van der Waals surface area contributed by atoms with Crippen molar-refractivity contribution in [1.29, 1.82) is 0 Å². The summed E-state index contributed by atoms with van der Waals surface area (Å²) in [5.41, 5.74) is 0. The van der Waals surface area contributed by atoms with Crippen LogP contribution in [0.1, 0.15) is 45.4 Å². The van der Waals surface area contributed by atoms with Gasteiger partial charge in [-0.05, 0) is 38.5 Å². The van der Waals surface area contributed by atoms with Crippen molar-refractivity contribution in [2.75, 3.05) is 19.6 Å².